The number of carboxylic acid groups (broad SMARTS) is 1. The van der Waals surface area contributed by atoms with Gasteiger partial charge in [0, 0.05) is 25.0 Å². The van der Waals surface area contributed by atoms with Crippen LogP contribution in [-0.2, 0) is 14.4 Å². The highest BCUT2D eigenvalue weighted by Crippen LogP contribution is 2.27. The topological polar surface area (TPSA) is 86.7 Å². The number of amides is 2. The van der Waals surface area contributed by atoms with Crippen LogP contribution < -0.4 is 5.32 Å². The highest BCUT2D eigenvalue weighted by molar-refractivity contribution is 5.83. The van der Waals surface area contributed by atoms with Crippen LogP contribution in [0, 0.1) is 17.8 Å². The van der Waals surface area contributed by atoms with Crippen LogP contribution in [0.25, 0.3) is 0 Å². The van der Waals surface area contributed by atoms with E-state index >= 15 is 0 Å². The Balaban J connectivity index is 1.92. The summed E-state index contributed by atoms with van der Waals surface area (Å²) in [5.74, 6) is -1.50. The van der Waals surface area contributed by atoms with Crippen LogP contribution in [0.15, 0.2) is 0 Å². The number of likely N-dealkylation sites (tertiary alicyclic amines) is 1. The maximum absolute atomic E-state index is 12.5. The second kappa shape index (κ2) is 7.79. The van der Waals surface area contributed by atoms with Gasteiger partial charge in [0.1, 0.15) is 0 Å². The minimum absolute atomic E-state index is 0.0111. The maximum Gasteiger partial charge on any atom is 0.308 e. The van der Waals surface area contributed by atoms with Gasteiger partial charge in [-0.05, 0) is 32.1 Å². The molecule has 0 spiro atoms. The van der Waals surface area contributed by atoms with Crippen molar-refractivity contribution in [2.75, 3.05) is 13.1 Å². The number of carbonyl (C=O) groups excluding carboxylic acids is 2. The maximum atomic E-state index is 12.5. The van der Waals surface area contributed by atoms with Crippen molar-refractivity contribution in [2.45, 2.75) is 58.4 Å². The van der Waals surface area contributed by atoms with E-state index in [2.05, 4.69) is 5.32 Å². The molecule has 1 heterocycles. The molecule has 2 N–H and O–H groups in total. The summed E-state index contributed by atoms with van der Waals surface area (Å²) in [6, 6.07) is -0.263. The summed E-state index contributed by atoms with van der Waals surface area (Å²) < 4.78 is 0. The zero-order valence-electron chi connectivity index (χ0n) is 14.1. The van der Waals surface area contributed by atoms with E-state index in [4.69, 9.17) is 0 Å². The molecule has 0 aromatic carbocycles. The van der Waals surface area contributed by atoms with Crippen molar-refractivity contribution < 1.29 is 19.5 Å². The van der Waals surface area contributed by atoms with E-state index in [0.29, 0.717) is 19.5 Å². The molecule has 2 fully saturated rings. The van der Waals surface area contributed by atoms with E-state index in [1.54, 1.807) is 4.90 Å². The van der Waals surface area contributed by atoms with E-state index < -0.39 is 11.9 Å². The monoisotopic (exact) mass is 324 g/mol. The van der Waals surface area contributed by atoms with Crippen molar-refractivity contribution in [3.8, 4) is 0 Å². The first kappa shape index (κ1) is 17.8. The number of hydrogen-bond donors (Lipinski definition) is 2. The average Bonchev–Trinajstić information content (AvgIpc) is 3.01. The molecule has 130 valence electrons. The minimum atomic E-state index is -0.829. The Hall–Kier alpha value is -1.59. The third kappa shape index (κ3) is 4.24. The molecule has 0 aromatic heterocycles. The number of carbonyl (C=O) groups is 3. The first-order valence-corrected chi connectivity index (χ1v) is 8.76. The molecule has 6 heteroatoms. The van der Waals surface area contributed by atoms with Gasteiger partial charge in [-0.3, -0.25) is 14.4 Å². The number of aliphatic carboxylic acids is 1. The van der Waals surface area contributed by atoms with E-state index in [-0.39, 0.29) is 29.7 Å². The summed E-state index contributed by atoms with van der Waals surface area (Å²) in [5.41, 5.74) is 0. The smallest absolute Gasteiger partial charge is 0.308 e. The van der Waals surface area contributed by atoms with Crippen LogP contribution >= 0.6 is 0 Å². The fraction of sp³-hybridized carbons (Fsp3) is 0.824. The molecule has 2 rings (SSSR count). The van der Waals surface area contributed by atoms with Crippen molar-refractivity contribution in [1.82, 2.24) is 10.2 Å². The summed E-state index contributed by atoms with van der Waals surface area (Å²) in [6.07, 6.45) is 4.59. The first-order chi connectivity index (χ1) is 10.9. The van der Waals surface area contributed by atoms with Gasteiger partial charge in [0.2, 0.25) is 11.8 Å². The first-order valence-electron chi connectivity index (χ1n) is 8.76. The molecule has 0 aromatic rings. The Kier molecular flexibility index (Phi) is 6.02. The third-order valence-electron chi connectivity index (χ3n) is 5.30. The van der Waals surface area contributed by atoms with Gasteiger partial charge in [0.25, 0.3) is 0 Å². The highest BCUT2D eigenvalue weighted by atomic mass is 16.4. The van der Waals surface area contributed by atoms with Crippen LogP contribution in [0.5, 0.6) is 0 Å². The zero-order valence-corrected chi connectivity index (χ0v) is 14.1. The largest absolute Gasteiger partial charge is 0.481 e. The predicted octanol–water partition coefficient (Wildman–Crippen LogP) is 1.64. The Morgan fingerprint density at radius 1 is 1.22 bits per heavy atom. The molecular weight excluding hydrogens is 296 g/mol. The Morgan fingerprint density at radius 3 is 2.61 bits per heavy atom. The molecule has 23 heavy (non-hydrogen) atoms. The molecule has 1 saturated heterocycles. The highest BCUT2D eigenvalue weighted by Gasteiger charge is 2.36. The number of nitrogens with zero attached hydrogens (tertiary/aromatic N) is 1. The fourth-order valence-electron chi connectivity index (χ4n) is 3.61. The number of carboxylic acids is 1. The molecule has 0 radical (unpaired) electrons. The second-order valence-electron chi connectivity index (χ2n) is 6.92. The van der Waals surface area contributed by atoms with E-state index in [9.17, 15) is 19.5 Å². The van der Waals surface area contributed by atoms with Gasteiger partial charge < -0.3 is 15.3 Å². The number of rotatable bonds is 5. The van der Waals surface area contributed by atoms with Gasteiger partial charge >= 0.3 is 5.97 Å². The molecule has 6 nitrogen and oxygen atoms in total. The lowest BCUT2D eigenvalue weighted by Gasteiger charge is -2.34. The van der Waals surface area contributed by atoms with Crippen LogP contribution in [0.4, 0.5) is 0 Å². The standard InChI is InChI=1S/C17H28N2O4/c1-3-11(2)16(21)19-9-5-6-12(10-19)15(20)18-14-8-4-7-13(14)17(22)23/h11-14H,3-10H2,1-2H3,(H,18,20)(H,22,23)/t11?,12?,13-,14+/m0/s1. The lowest BCUT2D eigenvalue weighted by atomic mass is 9.94. The number of hydrogen-bond acceptors (Lipinski definition) is 3. The minimum Gasteiger partial charge on any atom is -0.481 e. The lowest BCUT2D eigenvalue weighted by molar-refractivity contribution is -0.142. The van der Waals surface area contributed by atoms with Gasteiger partial charge in [-0.15, -0.1) is 0 Å². The number of nitrogens with one attached hydrogen (secondary N) is 1. The van der Waals surface area contributed by atoms with Crippen molar-refractivity contribution in [3.63, 3.8) is 0 Å². The van der Waals surface area contributed by atoms with Gasteiger partial charge in [-0.2, -0.15) is 0 Å². The van der Waals surface area contributed by atoms with Gasteiger partial charge in [-0.25, -0.2) is 0 Å². The Bertz CT molecular complexity index is 466. The SMILES string of the molecule is CCC(C)C(=O)N1CCCC(C(=O)N[C@@H]2CCC[C@@H]2C(=O)O)C1. The van der Waals surface area contributed by atoms with Crippen LogP contribution in [0.2, 0.25) is 0 Å². The molecule has 2 aliphatic rings. The van der Waals surface area contributed by atoms with Crippen LogP contribution in [-0.4, -0.2) is 46.9 Å². The van der Waals surface area contributed by atoms with Crippen molar-refractivity contribution in [3.05, 3.63) is 0 Å². The molecule has 1 saturated carbocycles. The Morgan fingerprint density at radius 2 is 1.96 bits per heavy atom. The van der Waals surface area contributed by atoms with Crippen molar-refractivity contribution in [2.24, 2.45) is 17.8 Å². The van der Waals surface area contributed by atoms with Gasteiger partial charge in [-0.1, -0.05) is 20.3 Å². The molecule has 2 unspecified atom stereocenters. The van der Waals surface area contributed by atoms with Crippen molar-refractivity contribution >= 4 is 17.8 Å². The summed E-state index contributed by atoms with van der Waals surface area (Å²) in [7, 11) is 0. The normalized spacial score (nSPS) is 29.1. The summed E-state index contributed by atoms with van der Waals surface area (Å²) in [5, 5.41) is 12.1. The van der Waals surface area contributed by atoms with E-state index in [1.807, 2.05) is 13.8 Å². The Labute approximate surface area is 137 Å². The van der Waals surface area contributed by atoms with Crippen LogP contribution in [0.1, 0.15) is 52.4 Å². The quantitative estimate of drug-likeness (QED) is 0.805. The predicted molar refractivity (Wildman–Crippen MR) is 85.7 cm³/mol. The zero-order chi connectivity index (χ0) is 17.0. The summed E-state index contributed by atoms with van der Waals surface area (Å²) >= 11 is 0. The third-order valence-corrected chi connectivity index (χ3v) is 5.30. The fourth-order valence-corrected chi connectivity index (χ4v) is 3.61. The number of piperidine rings is 1. The summed E-state index contributed by atoms with van der Waals surface area (Å²) in [6.45, 7) is 5.08. The molecule has 4 atom stereocenters. The van der Waals surface area contributed by atoms with E-state index in [1.165, 1.54) is 0 Å². The second-order valence-corrected chi connectivity index (χ2v) is 6.92. The molecule has 2 amide bonds. The van der Waals surface area contributed by atoms with Gasteiger partial charge in [0.05, 0.1) is 11.8 Å². The molecular formula is C17H28N2O4. The molecule has 0 bridgehead atoms. The molecule has 1 aliphatic carbocycles. The summed E-state index contributed by atoms with van der Waals surface area (Å²) in [4.78, 5) is 37.8. The molecule has 1 aliphatic heterocycles. The lowest BCUT2D eigenvalue weighted by Crippen LogP contribution is -2.49. The van der Waals surface area contributed by atoms with E-state index in [0.717, 1.165) is 32.1 Å². The average molecular weight is 324 g/mol. The van der Waals surface area contributed by atoms with Crippen LogP contribution in [0.3, 0.4) is 0 Å². The van der Waals surface area contributed by atoms with Crippen molar-refractivity contribution in [1.29, 1.82) is 0 Å². The van der Waals surface area contributed by atoms with Gasteiger partial charge in [0.15, 0.2) is 0 Å².